The van der Waals surface area contributed by atoms with E-state index in [0.717, 1.165) is 0 Å². The lowest BCUT2D eigenvalue weighted by molar-refractivity contribution is -0.0373. The fourth-order valence-electron chi connectivity index (χ4n) is 3.27. The van der Waals surface area contributed by atoms with E-state index in [9.17, 15) is 18.7 Å². The van der Waals surface area contributed by atoms with Gasteiger partial charge < -0.3 is 14.7 Å². The number of benzene rings is 2. The third kappa shape index (κ3) is 5.48. The third-order valence-corrected chi connectivity index (χ3v) is 5.77. The molecule has 1 amide bonds. The van der Waals surface area contributed by atoms with Crippen LogP contribution in [0.2, 0.25) is 0 Å². The van der Waals surface area contributed by atoms with Crippen LogP contribution in [-0.2, 0) is 10.3 Å². The lowest BCUT2D eigenvalue weighted by atomic mass is 9.84. The van der Waals surface area contributed by atoms with Gasteiger partial charge in [0.2, 0.25) is 0 Å². The highest BCUT2D eigenvalue weighted by Crippen LogP contribution is 2.41. The second-order valence-corrected chi connectivity index (χ2v) is 9.31. The molecule has 0 radical (unpaired) electrons. The molecular formula is C22H25F2NO3S. The Bertz CT molecular complexity index is 890. The molecule has 0 unspecified atom stereocenters. The van der Waals surface area contributed by atoms with Crippen molar-refractivity contribution >= 4 is 17.9 Å². The van der Waals surface area contributed by atoms with E-state index in [-0.39, 0.29) is 18.7 Å². The van der Waals surface area contributed by atoms with Crippen molar-refractivity contribution in [1.82, 2.24) is 4.90 Å². The number of likely N-dealkylation sites (tertiary alicyclic amines) is 1. The third-order valence-electron chi connectivity index (χ3n) is 4.71. The molecule has 1 saturated heterocycles. The van der Waals surface area contributed by atoms with Gasteiger partial charge in [0.1, 0.15) is 17.2 Å². The van der Waals surface area contributed by atoms with Crippen LogP contribution in [0.3, 0.4) is 0 Å². The van der Waals surface area contributed by atoms with Crippen molar-refractivity contribution in [3.63, 3.8) is 0 Å². The maximum Gasteiger partial charge on any atom is 0.410 e. The predicted octanol–water partition coefficient (Wildman–Crippen LogP) is 5.33. The molecule has 0 aromatic heterocycles. The Kier molecular flexibility index (Phi) is 6.19. The number of halogens is 2. The molecule has 2 aromatic rings. The van der Waals surface area contributed by atoms with Crippen molar-refractivity contribution < 1.29 is 23.4 Å². The van der Waals surface area contributed by atoms with E-state index in [2.05, 4.69) is 0 Å². The highest BCUT2D eigenvalue weighted by molar-refractivity contribution is 7.99. The van der Waals surface area contributed by atoms with Crippen molar-refractivity contribution in [2.24, 2.45) is 0 Å². The molecule has 156 valence electrons. The number of hydrogen-bond donors (Lipinski definition) is 1. The summed E-state index contributed by atoms with van der Waals surface area (Å²) in [7, 11) is 0. The summed E-state index contributed by atoms with van der Waals surface area (Å²) < 4.78 is 32.9. The van der Waals surface area contributed by atoms with Crippen molar-refractivity contribution in [3.8, 4) is 0 Å². The van der Waals surface area contributed by atoms with Crippen molar-refractivity contribution in [2.75, 3.05) is 13.1 Å². The molecule has 1 N–H and O–H groups in total. The molecule has 0 aliphatic carbocycles. The lowest BCUT2D eigenvalue weighted by Crippen LogP contribution is -2.47. The Balaban J connectivity index is 1.79. The number of rotatable bonds is 3. The Hall–Kier alpha value is -2.12. The molecule has 3 rings (SSSR count). The molecule has 0 saturated carbocycles. The van der Waals surface area contributed by atoms with Crippen LogP contribution in [0, 0.1) is 11.6 Å². The molecule has 29 heavy (non-hydrogen) atoms. The van der Waals surface area contributed by atoms with Crippen molar-refractivity contribution in [2.45, 2.75) is 54.6 Å². The summed E-state index contributed by atoms with van der Waals surface area (Å²) in [6, 6.07) is 10.4. The average Bonchev–Trinajstić information content (AvgIpc) is 2.62. The molecule has 1 aliphatic rings. The summed E-state index contributed by atoms with van der Waals surface area (Å²) in [5, 5.41) is 11.3. The van der Waals surface area contributed by atoms with E-state index in [1.807, 2.05) is 0 Å². The SMILES string of the molecule is CC(C)(C)OC(=O)N1CCC(O)(c2cc(F)ccc2Sc2cccc(F)c2)CC1. The maximum atomic E-state index is 14.0. The first kappa shape index (κ1) is 21.6. The number of carbonyl (C=O) groups is 1. The fraction of sp³-hybridized carbons (Fsp3) is 0.409. The van der Waals surface area contributed by atoms with Crippen molar-refractivity contribution in [1.29, 1.82) is 0 Å². The number of hydrogen-bond acceptors (Lipinski definition) is 4. The van der Waals surface area contributed by atoms with E-state index < -0.39 is 23.1 Å². The molecule has 0 atom stereocenters. The smallest absolute Gasteiger partial charge is 0.410 e. The van der Waals surface area contributed by atoms with Crippen molar-refractivity contribution in [3.05, 3.63) is 59.7 Å². The number of piperidine rings is 1. The molecule has 1 aliphatic heterocycles. The van der Waals surface area contributed by atoms with Gasteiger partial charge in [0.05, 0.1) is 5.60 Å². The van der Waals surface area contributed by atoms with Gasteiger partial charge in [0, 0.05) is 28.4 Å². The molecule has 4 nitrogen and oxygen atoms in total. The Morgan fingerprint density at radius 1 is 1.10 bits per heavy atom. The maximum absolute atomic E-state index is 14.0. The quantitative estimate of drug-likeness (QED) is 0.727. The Morgan fingerprint density at radius 2 is 1.76 bits per heavy atom. The van der Waals surface area contributed by atoms with Gasteiger partial charge in [-0.25, -0.2) is 13.6 Å². The van der Waals surface area contributed by atoms with Gasteiger partial charge in [-0.15, -0.1) is 0 Å². The van der Waals surface area contributed by atoms with Crippen LogP contribution in [0.1, 0.15) is 39.2 Å². The van der Waals surface area contributed by atoms with Crippen LogP contribution in [0.4, 0.5) is 13.6 Å². The normalized spacial score (nSPS) is 16.6. The van der Waals surface area contributed by atoms with Gasteiger partial charge in [-0.1, -0.05) is 17.8 Å². The largest absolute Gasteiger partial charge is 0.444 e. The number of amides is 1. The van der Waals surface area contributed by atoms with Crippen LogP contribution >= 0.6 is 11.8 Å². The van der Waals surface area contributed by atoms with E-state index in [1.54, 1.807) is 43.9 Å². The highest BCUT2D eigenvalue weighted by Gasteiger charge is 2.38. The second-order valence-electron chi connectivity index (χ2n) is 8.20. The second kappa shape index (κ2) is 8.32. The van der Waals surface area contributed by atoms with Gasteiger partial charge in [0.15, 0.2) is 0 Å². The summed E-state index contributed by atoms with van der Waals surface area (Å²) in [6.07, 6.45) is 0.0897. The fourth-order valence-corrected chi connectivity index (χ4v) is 4.33. The molecule has 7 heteroatoms. The number of aliphatic hydroxyl groups is 1. The minimum absolute atomic E-state index is 0.256. The molecule has 0 spiro atoms. The summed E-state index contributed by atoms with van der Waals surface area (Å²) in [6.45, 7) is 5.99. The average molecular weight is 422 g/mol. The Morgan fingerprint density at radius 3 is 2.38 bits per heavy atom. The van der Waals surface area contributed by atoms with Crippen LogP contribution in [-0.4, -0.2) is 34.8 Å². The van der Waals surface area contributed by atoms with Gasteiger partial charge in [-0.05, 0) is 70.0 Å². The zero-order chi connectivity index (χ0) is 21.2. The molecule has 0 bridgehead atoms. The predicted molar refractivity (Wildman–Crippen MR) is 108 cm³/mol. The molecular weight excluding hydrogens is 396 g/mol. The highest BCUT2D eigenvalue weighted by atomic mass is 32.2. The minimum atomic E-state index is -1.28. The summed E-state index contributed by atoms with van der Waals surface area (Å²) in [5.74, 6) is -0.811. The van der Waals surface area contributed by atoms with E-state index in [4.69, 9.17) is 4.74 Å². The van der Waals surface area contributed by atoms with Crippen LogP contribution in [0.25, 0.3) is 0 Å². The zero-order valence-corrected chi connectivity index (χ0v) is 17.6. The van der Waals surface area contributed by atoms with Crippen LogP contribution in [0.5, 0.6) is 0 Å². The first-order chi connectivity index (χ1) is 13.6. The van der Waals surface area contributed by atoms with E-state index >= 15 is 0 Å². The number of ether oxygens (including phenoxy) is 1. The number of carbonyl (C=O) groups excluding carboxylic acids is 1. The molecule has 1 heterocycles. The zero-order valence-electron chi connectivity index (χ0n) is 16.7. The number of nitrogens with zero attached hydrogens (tertiary/aromatic N) is 1. The van der Waals surface area contributed by atoms with Gasteiger partial charge in [-0.2, -0.15) is 0 Å². The lowest BCUT2D eigenvalue weighted by Gasteiger charge is -2.39. The minimum Gasteiger partial charge on any atom is -0.444 e. The standard InChI is InChI=1S/C22H25F2NO3S/c1-21(2,3)28-20(26)25-11-9-22(27,10-12-25)18-14-16(24)7-8-19(18)29-17-6-4-5-15(23)13-17/h4-8,13-14,27H,9-12H2,1-3H3. The van der Waals surface area contributed by atoms with E-state index in [0.29, 0.717) is 28.4 Å². The molecule has 2 aromatic carbocycles. The molecule has 1 fully saturated rings. The van der Waals surface area contributed by atoms with Crippen LogP contribution in [0.15, 0.2) is 52.3 Å². The van der Waals surface area contributed by atoms with Gasteiger partial charge >= 0.3 is 6.09 Å². The van der Waals surface area contributed by atoms with Crippen LogP contribution < -0.4 is 0 Å². The Labute approximate surface area is 173 Å². The first-order valence-corrected chi connectivity index (χ1v) is 10.3. The summed E-state index contributed by atoms with van der Waals surface area (Å²) in [4.78, 5) is 15.1. The monoisotopic (exact) mass is 421 g/mol. The summed E-state index contributed by atoms with van der Waals surface area (Å²) in [5.41, 5.74) is -1.42. The van der Waals surface area contributed by atoms with E-state index in [1.165, 1.54) is 36.0 Å². The van der Waals surface area contributed by atoms with Gasteiger partial charge in [0.25, 0.3) is 0 Å². The first-order valence-electron chi connectivity index (χ1n) is 9.49. The van der Waals surface area contributed by atoms with Gasteiger partial charge in [-0.3, -0.25) is 0 Å². The summed E-state index contributed by atoms with van der Waals surface area (Å²) >= 11 is 1.27. The topological polar surface area (TPSA) is 49.8 Å².